The summed E-state index contributed by atoms with van der Waals surface area (Å²) in [6, 6.07) is 17.3. The molecule has 2 aromatic carbocycles. The van der Waals surface area contributed by atoms with Crippen molar-refractivity contribution in [2.75, 3.05) is 20.2 Å². The molecule has 2 aromatic rings. The van der Waals surface area contributed by atoms with Crippen molar-refractivity contribution in [2.45, 2.75) is 37.1 Å². The number of rotatable bonds is 4. The van der Waals surface area contributed by atoms with Gasteiger partial charge in [0.15, 0.2) is 5.72 Å². The lowest BCUT2D eigenvalue weighted by Crippen LogP contribution is -2.49. The summed E-state index contributed by atoms with van der Waals surface area (Å²) < 4.78 is 11.9. The maximum absolute atomic E-state index is 13.2. The average molecular weight is 392 g/mol. The molecule has 3 atom stereocenters. The fourth-order valence-corrected chi connectivity index (χ4v) is 5.08. The molecule has 3 saturated heterocycles. The van der Waals surface area contributed by atoms with Crippen LogP contribution in [-0.2, 0) is 20.7 Å². The zero-order chi connectivity index (χ0) is 20.0. The van der Waals surface area contributed by atoms with Crippen molar-refractivity contribution in [1.82, 2.24) is 9.80 Å². The van der Waals surface area contributed by atoms with E-state index in [1.807, 2.05) is 64.4 Å². The maximum atomic E-state index is 13.2. The van der Waals surface area contributed by atoms with Crippen LogP contribution in [0.1, 0.15) is 30.1 Å². The molecular formula is C23H24N2O4. The molecule has 0 radical (unpaired) electrons. The van der Waals surface area contributed by atoms with E-state index in [4.69, 9.17) is 9.47 Å². The van der Waals surface area contributed by atoms with Crippen molar-refractivity contribution >= 4 is 11.8 Å². The Morgan fingerprint density at radius 3 is 2.72 bits per heavy atom. The van der Waals surface area contributed by atoms with E-state index < -0.39 is 5.72 Å². The lowest BCUT2D eigenvalue weighted by atomic mass is 10.1. The number of nitrogens with zero attached hydrogens (tertiary/aromatic N) is 2. The van der Waals surface area contributed by atoms with Gasteiger partial charge in [-0.15, -0.1) is 0 Å². The molecule has 29 heavy (non-hydrogen) atoms. The average Bonchev–Trinajstić information content (AvgIpc) is 3.37. The van der Waals surface area contributed by atoms with Crippen LogP contribution in [0.2, 0.25) is 0 Å². The minimum Gasteiger partial charge on any atom is -0.496 e. The second-order valence-corrected chi connectivity index (χ2v) is 7.91. The predicted octanol–water partition coefficient (Wildman–Crippen LogP) is 2.54. The summed E-state index contributed by atoms with van der Waals surface area (Å²) in [5, 5.41) is 0. The Balaban J connectivity index is 1.38. The van der Waals surface area contributed by atoms with E-state index in [1.165, 1.54) is 0 Å². The molecule has 3 aliphatic rings. The van der Waals surface area contributed by atoms with Crippen LogP contribution in [-0.4, -0.2) is 53.6 Å². The normalized spacial score (nSPS) is 27.8. The first-order chi connectivity index (χ1) is 14.1. The second kappa shape index (κ2) is 6.88. The van der Waals surface area contributed by atoms with Gasteiger partial charge in [-0.3, -0.25) is 9.59 Å². The van der Waals surface area contributed by atoms with E-state index in [1.54, 1.807) is 7.11 Å². The van der Waals surface area contributed by atoms with Crippen molar-refractivity contribution in [3.63, 3.8) is 0 Å². The van der Waals surface area contributed by atoms with Crippen LogP contribution in [0.4, 0.5) is 0 Å². The van der Waals surface area contributed by atoms with Gasteiger partial charge in [0.05, 0.1) is 32.5 Å². The van der Waals surface area contributed by atoms with Crippen molar-refractivity contribution < 1.29 is 19.1 Å². The Morgan fingerprint density at radius 1 is 1.17 bits per heavy atom. The topological polar surface area (TPSA) is 59.1 Å². The highest BCUT2D eigenvalue weighted by Gasteiger charge is 2.64. The van der Waals surface area contributed by atoms with E-state index in [0.29, 0.717) is 31.7 Å². The van der Waals surface area contributed by atoms with Crippen LogP contribution in [0, 0.1) is 0 Å². The van der Waals surface area contributed by atoms with Gasteiger partial charge < -0.3 is 19.3 Å². The van der Waals surface area contributed by atoms with Gasteiger partial charge in [-0.1, -0.05) is 48.5 Å². The van der Waals surface area contributed by atoms with Gasteiger partial charge in [0, 0.05) is 18.5 Å². The van der Waals surface area contributed by atoms with Crippen LogP contribution >= 0.6 is 0 Å². The van der Waals surface area contributed by atoms with Crippen molar-refractivity contribution in [3.05, 3.63) is 65.7 Å². The largest absolute Gasteiger partial charge is 0.496 e. The summed E-state index contributed by atoms with van der Waals surface area (Å²) in [6.45, 7) is 1.15. The number of amides is 2. The Labute approximate surface area is 170 Å². The molecular weight excluding hydrogens is 368 g/mol. The molecule has 0 N–H and O–H groups in total. The molecule has 6 heteroatoms. The number of likely N-dealkylation sites (tertiary alicyclic amines) is 1. The van der Waals surface area contributed by atoms with E-state index in [0.717, 1.165) is 11.1 Å². The van der Waals surface area contributed by atoms with E-state index >= 15 is 0 Å². The number of para-hydroxylation sites is 1. The zero-order valence-corrected chi connectivity index (χ0v) is 16.4. The molecule has 5 rings (SSSR count). The third kappa shape index (κ3) is 2.82. The molecule has 3 aliphatic heterocycles. The summed E-state index contributed by atoms with van der Waals surface area (Å²) in [6.07, 6.45) is 1.10. The second-order valence-electron chi connectivity index (χ2n) is 7.91. The van der Waals surface area contributed by atoms with Crippen LogP contribution in [0.3, 0.4) is 0 Å². The summed E-state index contributed by atoms with van der Waals surface area (Å²) in [5.74, 6) is 0.793. The minimum atomic E-state index is -0.686. The Morgan fingerprint density at radius 2 is 1.93 bits per heavy atom. The van der Waals surface area contributed by atoms with Crippen LogP contribution in [0.25, 0.3) is 0 Å². The molecule has 0 unspecified atom stereocenters. The molecule has 0 saturated carbocycles. The van der Waals surface area contributed by atoms with Crippen molar-refractivity contribution in [2.24, 2.45) is 0 Å². The van der Waals surface area contributed by atoms with Gasteiger partial charge in [0.2, 0.25) is 11.8 Å². The summed E-state index contributed by atoms with van der Waals surface area (Å²) >= 11 is 0. The molecule has 150 valence electrons. The highest BCUT2D eigenvalue weighted by Crippen LogP contribution is 2.50. The first-order valence-electron chi connectivity index (χ1n) is 10.1. The first-order valence-corrected chi connectivity index (χ1v) is 10.1. The number of ether oxygens (including phenoxy) is 2. The number of benzene rings is 2. The van der Waals surface area contributed by atoms with E-state index in [-0.39, 0.29) is 30.4 Å². The van der Waals surface area contributed by atoms with E-state index in [9.17, 15) is 9.59 Å². The molecule has 0 bridgehead atoms. The van der Waals surface area contributed by atoms with Crippen LogP contribution in [0.5, 0.6) is 5.75 Å². The molecule has 1 spiro atoms. The quantitative estimate of drug-likeness (QED) is 0.802. The number of hydrogen-bond donors (Lipinski definition) is 0. The molecule has 0 aliphatic carbocycles. The van der Waals surface area contributed by atoms with Crippen molar-refractivity contribution in [1.29, 1.82) is 0 Å². The molecule has 6 nitrogen and oxygen atoms in total. The molecule has 0 aromatic heterocycles. The molecule has 3 fully saturated rings. The third-order valence-corrected chi connectivity index (χ3v) is 6.45. The van der Waals surface area contributed by atoms with Gasteiger partial charge >= 0.3 is 0 Å². The summed E-state index contributed by atoms with van der Waals surface area (Å²) in [4.78, 5) is 29.6. The van der Waals surface area contributed by atoms with Crippen LogP contribution in [0.15, 0.2) is 54.6 Å². The highest BCUT2D eigenvalue weighted by atomic mass is 16.5. The van der Waals surface area contributed by atoms with Crippen LogP contribution < -0.4 is 4.74 Å². The number of methoxy groups -OCH3 is 1. The fraction of sp³-hybridized carbons (Fsp3) is 0.391. The summed E-state index contributed by atoms with van der Waals surface area (Å²) in [7, 11) is 1.61. The van der Waals surface area contributed by atoms with Gasteiger partial charge in [-0.25, -0.2) is 0 Å². The lowest BCUT2D eigenvalue weighted by Gasteiger charge is -2.32. The first kappa shape index (κ1) is 18.2. The van der Waals surface area contributed by atoms with Gasteiger partial charge in [-0.05, 0) is 11.6 Å². The Bertz CT molecular complexity index is 947. The molecule has 2 amide bonds. The Hall–Kier alpha value is -2.86. The number of carbonyl (C=O) groups excluding carboxylic acids is 2. The fourth-order valence-electron chi connectivity index (χ4n) is 5.08. The SMILES string of the molecule is COc1ccccc1CC(=O)N1CC[C@@]23O[C@H](c4ccccc4)CN2C(=O)C[C@@H]13. The summed E-state index contributed by atoms with van der Waals surface area (Å²) in [5.41, 5.74) is 1.24. The van der Waals surface area contributed by atoms with Crippen molar-refractivity contribution in [3.8, 4) is 5.75 Å². The third-order valence-electron chi connectivity index (χ3n) is 6.45. The Kier molecular flexibility index (Phi) is 4.32. The predicted molar refractivity (Wildman–Crippen MR) is 106 cm³/mol. The lowest BCUT2D eigenvalue weighted by molar-refractivity contribution is -0.142. The number of carbonyl (C=O) groups is 2. The molecule has 3 heterocycles. The zero-order valence-electron chi connectivity index (χ0n) is 16.4. The van der Waals surface area contributed by atoms with Gasteiger partial charge in [0.25, 0.3) is 0 Å². The standard InChI is InChI=1S/C23H24N2O4/c1-28-18-10-6-5-9-17(18)13-21(26)24-12-11-23-20(24)14-22(27)25(23)15-19(29-23)16-7-3-2-4-8-16/h2-10,19-20H,11-15H2,1H3/t19-,20+,23-/m0/s1. The number of hydrogen-bond acceptors (Lipinski definition) is 4. The van der Waals surface area contributed by atoms with Gasteiger partial charge in [0.1, 0.15) is 11.9 Å². The van der Waals surface area contributed by atoms with E-state index in [2.05, 4.69) is 0 Å². The minimum absolute atomic E-state index is 0.0118. The monoisotopic (exact) mass is 392 g/mol. The maximum Gasteiger partial charge on any atom is 0.227 e. The van der Waals surface area contributed by atoms with Gasteiger partial charge in [-0.2, -0.15) is 0 Å². The smallest absolute Gasteiger partial charge is 0.227 e. The highest BCUT2D eigenvalue weighted by molar-refractivity contribution is 5.85.